The number of hydrogen-bond donors (Lipinski definition) is 0. The van der Waals surface area contributed by atoms with E-state index in [1.165, 1.54) is 23.2 Å². The molecule has 3 aliphatic heterocycles. The lowest BCUT2D eigenvalue weighted by atomic mass is 9.96. The van der Waals surface area contributed by atoms with E-state index in [1.807, 2.05) is 9.80 Å². The van der Waals surface area contributed by atoms with Gasteiger partial charge in [0.2, 0.25) is 15.9 Å². The highest BCUT2D eigenvalue weighted by molar-refractivity contribution is 7.89. The smallest absolute Gasteiger partial charge is 0.270 e. The normalized spacial score (nSPS) is 22.0. The number of carbonyl (C=O) groups excluding carboxylic acids is 2. The fourth-order valence-corrected chi connectivity index (χ4v) is 6.73. The molecule has 0 radical (unpaired) electrons. The van der Waals surface area contributed by atoms with Gasteiger partial charge in [-0.1, -0.05) is 12.8 Å². The molecule has 1 aromatic rings. The maximum atomic E-state index is 13.3. The average molecular weight is 465 g/mol. The van der Waals surface area contributed by atoms with Crippen molar-refractivity contribution in [2.75, 3.05) is 39.3 Å². The maximum absolute atomic E-state index is 13.3. The van der Waals surface area contributed by atoms with E-state index in [4.69, 9.17) is 0 Å². The Kier molecular flexibility index (Phi) is 7.24. The van der Waals surface area contributed by atoms with Crippen LogP contribution in [-0.2, 0) is 21.9 Å². The SMILES string of the molecule is Cn1cc(S(=O)(=O)N2CCC(C(=O)N3CCCCCC3)CC2)cc1C(=O)N1CCCCC1. The molecule has 4 rings (SSSR count). The second-order valence-electron chi connectivity index (χ2n) is 9.44. The molecule has 4 heterocycles. The van der Waals surface area contributed by atoms with Crippen LogP contribution in [0.3, 0.4) is 0 Å². The lowest BCUT2D eigenvalue weighted by Gasteiger charge is -2.33. The van der Waals surface area contributed by atoms with Crippen LogP contribution in [0.5, 0.6) is 0 Å². The van der Waals surface area contributed by atoms with Crippen LogP contribution in [0.15, 0.2) is 17.2 Å². The Labute approximate surface area is 191 Å². The fourth-order valence-electron chi connectivity index (χ4n) is 5.19. The number of rotatable bonds is 4. The number of piperidine rings is 2. The van der Waals surface area contributed by atoms with Gasteiger partial charge >= 0.3 is 0 Å². The van der Waals surface area contributed by atoms with Crippen molar-refractivity contribution in [3.05, 3.63) is 18.0 Å². The third-order valence-corrected chi connectivity index (χ3v) is 9.06. The van der Waals surface area contributed by atoms with Gasteiger partial charge in [0.05, 0.1) is 0 Å². The van der Waals surface area contributed by atoms with Gasteiger partial charge in [-0.3, -0.25) is 9.59 Å². The quantitative estimate of drug-likeness (QED) is 0.685. The minimum Gasteiger partial charge on any atom is -0.345 e. The molecule has 3 aliphatic rings. The molecule has 9 heteroatoms. The zero-order valence-electron chi connectivity index (χ0n) is 19.2. The van der Waals surface area contributed by atoms with E-state index in [0.29, 0.717) is 31.6 Å². The molecule has 0 spiro atoms. The molecule has 2 amide bonds. The zero-order valence-corrected chi connectivity index (χ0v) is 20.0. The molecule has 3 fully saturated rings. The molecule has 3 saturated heterocycles. The van der Waals surface area contributed by atoms with E-state index in [2.05, 4.69) is 0 Å². The van der Waals surface area contributed by atoms with Crippen molar-refractivity contribution in [3.63, 3.8) is 0 Å². The van der Waals surface area contributed by atoms with E-state index >= 15 is 0 Å². The Balaban J connectivity index is 1.40. The van der Waals surface area contributed by atoms with Crippen LogP contribution in [0.25, 0.3) is 0 Å². The molecule has 0 N–H and O–H groups in total. The second kappa shape index (κ2) is 9.95. The van der Waals surface area contributed by atoms with E-state index in [9.17, 15) is 18.0 Å². The molecule has 8 nitrogen and oxygen atoms in total. The summed E-state index contributed by atoms with van der Waals surface area (Å²) in [4.78, 5) is 29.8. The van der Waals surface area contributed by atoms with Crippen LogP contribution >= 0.6 is 0 Å². The first kappa shape index (κ1) is 23.3. The largest absolute Gasteiger partial charge is 0.345 e. The topological polar surface area (TPSA) is 82.9 Å². The lowest BCUT2D eigenvalue weighted by molar-refractivity contribution is -0.136. The number of carbonyl (C=O) groups is 2. The van der Waals surface area contributed by atoms with Gasteiger partial charge < -0.3 is 14.4 Å². The van der Waals surface area contributed by atoms with Gasteiger partial charge in [-0.05, 0) is 51.0 Å². The Morgan fingerprint density at radius 1 is 0.812 bits per heavy atom. The average Bonchev–Trinajstić information content (AvgIpc) is 3.02. The van der Waals surface area contributed by atoms with Crippen LogP contribution in [0.1, 0.15) is 68.3 Å². The number of aryl methyl sites for hydroxylation is 1. The predicted molar refractivity (Wildman–Crippen MR) is 122 cm³/mol. The van der Waals surface area contributed by atoms with Crippen LogP contribution in [-0.4, -0.2) is 78.2 Å². The van der Waals surface area contributed by atoms with Crippen molar-refractivity contribution in [3.8, 4) is 0 Å². The van der Waals surface area contributed by atoms with Crippen molar-refractivity contribution in [1.29, 1.82) is 0 Å². The van der Waals surface area contributed by atoms with Gasteiger partial charge in [-0.25, -0.2) is 8.42 Å². The maximum Gasteiger partial charge on any atom is 0.270 e. The molecule has 0 unspecified atom stereocenters. The van der Waals surface area contributed by atoms with Crippen molar-refractivity contribution in [2.24, 2.45) is 13.0 Å². The Morgan fingerprint density at radius 2 is 1.34 bits per heavy atom. The van der Waals surface area contributed by atoms with Crippen LogP contribution in [0, 0.1) is 5.92 Å². The lowest BCUT2D eigenvalue weighted by Crippen LogP contribution is -2.44. The highest BCUT2D eigenvalue weighted by Crippen LogP contribution is 2.27. The minimum absolute atomic E-state index is 0.0911. The van der Waals surface area contributed by atoms with Crippen molar-refractivity contribution < 1.29 is 18.0 Å². The molecule has 32 heavy (non-hydrogen) atoms. The summed E-state index contributed by atoms with van der Waals surface area (Å²) in [7, 11) is -1.97. The highest BCUT2D eigenvalue weighted by Gasteiger charge is 2.35. The molecule has 0 aliphatic carbocycles. The van der Waals surface area contributed by atoms with Gasteiger partial charge in [0.25, 0.3) is 5.91 Å². The molecular formula is C23H36N4O4S. The number of sulfonamides is 1. The standard InChI is InChI=1S/C23H36N4O4S/c1-24-18-20(17-21(24)23(29)26-13-7-4-8-14-26)32(30,31)27-15-9-19(10-16-27)22(28)25-11-5-2-3-6-12-25/h17-19H,2-16H2,1H3. The first-order valence-electron chi connectivity index (χ1n) is 12.1. The Hall–Kier alpha value is -1.87. The van der Waals surface area contributed by atoms with Gasteiger partial charge in [0.1, 0.15) is 10.6 Å². The van der Waals surface area contributed by atoms with Crippen molar-refractivity contribution in [2.45, 2.75) is 62.7 Å². The number of amides is 2. The first-order valence-corrected chi connectivity index (χ1v) is 13.6. The number of nitrogens with zero attached hydrogens (tertiary/aromatic N) is 4. The highest BCUT2D eigenvalue weighted by atomic mass is 32.2. The minimum atomic E-state index is -3.69. The van der Waals surface area contributed by atoms with Gasteiger partial charge in [0, 0.05) is 58.4 Å². The third kappa shape index (κ3) is 4.88. The fraction of sp³-hybridized carbons (Fsp3) is 0.739. The molecule has 0 bridgehead atoms. The van der Waals surface area contributed by atoms with E-state index in [-0.39, 0.29) is 22.6 Å². The summed E-state index contributed by atoms with van der Waals surface area (Å²) >= 11 is 0. The zero-order chi connectivity index (χ0) is 22.7. The summed E-state index contributed by atoms with van der Waals surface area (Å²) in [6.45, 7) is 3.80. The molecule has 0 aromatic carbocycles. The van der Waals surface area contributed by atoms with E-state index < -0.39 is 10.0 Å². The first-order chi connectivity index (χ1) is 15.4. The molecular weight excluding hydrogens is 428 g/mol. The second-order valence-corrected chi connectivity index (χ2v) is 11.4. The summed E-state index contributed by atoms with van der Waals surface area (Å²) in [5.74, 6) is 0.0000388. The van der Waals surface area contributed by atoms with Crippen molar-refractivity contribution >= 4 is 21.8 Å². The number of aromatic nitrogens is 1. The van der Waals surface area contributed by atoms with Gasteiger partial charge in [-0.15, -0.1) is 0 Å². The van der Waals surface area contributed by atoms with Crippen LogP contribution in [0.2, 0.25) is 0 Å². The molecule has 0 saturated carbocycles. The Morgan fingerprint density at radius 3 is 1.94 bits per heavy atom. The number of hydrogen-bond acceptors (Lipinski definition) is 4. The summed E-state index contributed by atoms with van der Waals surface area (Å²) in [6, 6.07) is 1.51. The predicted octanol–water partition coefficient (Wildman–Crippen LogP) is 2.45. The molecule has 0 atom stereocenters. The Bertz CT molecular complexity index is 920. The molecule has 178 valence electrons. The van der Waals surface area contributed by atoms with Crippen LogP contribution < -0.4 is 0 Å². The molecule has 1 aromatic heterocycles. The summed E-state index contributed by atoms with van der Waals surface area (Å²) in [5.41, 5.74) is 0.414. The monoisotopic (exact) mass is 464 g/mol. The summed E-state index contributed by atoms with van der Waals surface area (Å²) < 4.78 is 29.6. The third-order valence-electron chi connectivity index (χ3n) is 7.20. The number of likely N-dealkylation sites (tertiary alicyclic amines) is 2. The van der Waals surface area contributed by atoms with Gasteiger partial charge in [-0.2, -0.15) is 4.31 Å². The van der Waals surface area contributed by atoms with Crippen molar-refractivity contribution in [1.82, 2.24) is 18.7 Å². The van der Waals surface area contributed by atoms with E-state index in [0.717, 1.165) is 58.3 Å². The van der Waals surface area contributed by atoms with E-state index in [1.54, 1.807) is 17.8 Å². The summed E-state index contributed by atoms with van der Waals surface area (Å²) in [5, 5.41) is 0. The summed E-state index contributed by atoms with van der Waals surface area (Å²) in [6.07, 6.45) is 10.3. The van der Waals surface area contributed by atoms with Gasteiger partial charge in [0.15, 0.2) is 0 Å². The van der Waals surface area contributed by atoms with Crippen LogP contribution in [0.4, 0.5) is 0 Å².